The van der Waals surface area contributed by atoms with Crippen LogP contribution in [-0.4, -0.2) is 33.6 Å². The molecule has 2 atom stereocenters. The van der Waals surface area contributed by atoms with Crippen LogP contribution < -0.4 is 9.62 Å². The average Bonchev–Trinajstić information content (AvgIpc) is 2.56. The summed E-state index contributed by atoms with van der Waals surface area (Å²) >= 11 is 5.86. The summed E-state index contributed by atoms with van der Waals surface area (Å²) in [6.45, 7) is 2.37. The molecule has 3 rings (SSSR count). The topological polar surface area (TPSA) is 50.6 Å². The molecule has 1 heterocycles. The first-order valence-electron chi connectivity index (χ1n) is 8.69. The first-order valence-corrected chi connectivity index (χ1v) is 10.5. The molecular formula is C17H26ClN2O2S+. The van der Waals surface area contributed by atoms with E-state index in [0.29, 0.717) is 16.0 Å². The molecule has 0 radical (unpaired) electrons. The van der Waals surface area contributed by atoms with E-state index < -0.39 is 10.0 Å². The van der Waals surface area contributed by atoms with Crippen molar-refractivity contribution in [1.29, 1.82) is 0 Å². The minimum atomic E-state index is -3.47. The number of sulfonamides is 1. The standard InChI is InChI=1S/C17H25ClN2O2S/c18-14-8-10-15(11-9-14)23(21,22)19-16-6-2-3-7-17(16)20-12-4-1-5-13-20/h8-11,16-17,19H,1-7,12-13H2/p+1/t16-,17-/m0/s1. The van der Waals surface area contributed by atoms with E-state index in [1.807, 2.05) is 0 Å². The molecule has 1 aliphatic heterocycles. The summed E-state index contributed by atoms with van der Waals surface area (Å²) in [5.41, 5.74) is 0. The molecule has 128 valence electrons. The zero-order valence-electron chi connectivity index (χ0n) is 13.4. The van der Waals surface area contributed by atoms with E-state index in [1.54, 1.807) is 29.2 Å². The number of nitrogens with one attached hydrogen (secondary N) is 2. The molecule has 6 heteroatoms. The van der Waals surface area contributed by atoms with Crippen molar-refractivity contribution in [2.45, 2.75) is 61.9 Å². The van der Waals surface area contributed by atoms with Crippen LogP contribution in [0.3, 0.4) is 0 Å². The lowest BCUT2D eigenvalue weighted by Crippen LogP contribution is -3.18. The molecule has 1 aromatic rings. The number of likely N-dealkylation sites (tertiary alicyclic amines) is 1. The van der Waals surface area contributed by atoms with Crippen LogP contribution in [0.25, 0.3) is 0 Å². The van der Waals surface area contributed by atoms with Crippen molar-refractivity contribution in [3.8, 4) is 0 Å². The Morgan fingerprint density at radius 1 is 0.957 bits per heavy atom. The second kappa shape index (κ2) is 7.51. The van der Waals surface area contributed by atoms with Gasteiger partial charge in [0.25, 0.3) is 0 Å². The molecule has 0 bridgehead atoms. The Labute approximate surface area is 144 Å². The quantitative estimate of drug-likeness (QED) is 0.866. The third-order valence-corrected chi connectivity index (χ3v) is 6.97. The molecule has 2 aliphatic rings. The third kappa shape index (κ3) is 4.27. The molecule has 0 aromatic heterocycles. The zero-order chi connectivity index (χ0) is 16.3. The minimum absolute atomic E-state index is 0.0533. The van der Waals surface area contributed by atoms with Gasteiger partial charge in [0.2, 0.25) is 10.0 Å². The number of benzene rings is 1. The second-order valence-corrected chi connectivity index (χ2v) is 8.94. The first-order chi connectivity index (χ1) is 11.1. The van der Waals surface area contributed by atoms with Crippen LogP contribution in [0.1, 0.15) is 44.9 Å². The highest BCUT2D eigenvalue weighted by Gasteiger charge is 2.36. The minimum Gasteiger partial charge on any atom is -0.331 e. The van der Waals surface area contributed by atoms with Gasteiger partial charge in [-0.1, -0.05) is 18.0 Å². The molecule has 2 fully saturated rings. The van der Waals surface area contributed by atoms with Gasteiger partial charge in [-0.05, 0) is 56.4 Å². The zero-order valence-corrected chi connectivity index (χ0v) is 15.0. The van der Waals surface area contributed by atoms with Crippen LogP contribution in [0, 0.1) is 0 Å². The molecule has 0 spiro atoms. The second-order valence-electron chi connectivity index (χ2n) is 6.79. The molecular weight excluding hydrogens is 332 g/mol. The molecule has 1 aromatic carbocycles. The van der Waals surface area contributed by atoms with Gasteiger partial charge in [-0.15, -0.1) is 0 Å². The lowest BCUT2D eigenvalue weighted by Gasteiger charge is -2.39. The number of halogens is 1. The maximum absolute atomic E-state index is 12.7. The number of piperidine rings is 1. The largest absolute Gasteiger partial charge is 0.331 e. The van der Waals surface area contributed by atoms with Crippen LogP contribution >= 0.6 is 11.6 Å². The summed E-state index contributed by atoms with van der Waals surface area (Å²) in [4.78, 5) is 1.90. The maximum atomic E-state index is 12.7. The smallest absolute Gasteiger partial charge is 0.241 e. The fourth-order valence-electron chi connectivity index (χ4n) is 4.02. The Bertz CT molecular complexity index is 612. The number of quaternary nitrogens is 1. The van der Waals surface area contributed by atoms with Crippen molar-refractivity contribution in [2.24, 2.45) is 0 Å². The molecule has 0 unspecified atom stereocenters. The van der Waals surface area contributed by atoms with Gasteiger partial charge >= 0.3 is 0 Å². The van der Waals surface area contributed by atoms with Gasteiger partial charge in [-0.25, -0.2) is 13.1 Å². The SMILES string of the molecule is O=S(=O)(N[C@H]1CCCC[C@@H]1[NH+]1CCCCC1)c1ccc(Cl)cc1. The average molecular weight is 358 g/mol. The van der Waals surface area contributed by atoms with Gasteiger partial charge in [0.15, 0.2) is 0 Å². The monoisotopic (exact) mass is 357 g/mol. The van der Waals surface area contributed by atoms with Gasteiger partial charge in [0.05, 0.1) is 24.0 Å². The highest BCUT2D eigenvalue weighted by Crippen LogP contribution is 2.21. The van der Waals surface area contributed by atoms with Crippen LogP contribution in [0.2, 0.25) is 5.02 Å². The van der Waals surface area contributed by atoms with Crippen molar-refractivity contribution in [3.05, 3.63) is 29.3 Å². The summed E-state index contributed by atoms with van der Waals surface area (Å²) in [5.74, 6) is 0. The predicted octanol–water partition coefficient (Wildman–Crippen LogP) is 2.00. The Morgan fingerprint density at radius 3 is 2.30 bits per heavy atom. The summed E-state index contributed by atoms with van der Waals surface area (Å²) < 4.78 is 28.3. The molecule has 1 saturated heterocycles. The van der Waals surface area contributed by atoms with Crippen molar-refractivity contribution in [2.75, 3.05) is 13.1 Å². The van der Waals surface area contributed by atoms with E-state index in [-0.39, 0.29) is 6.04 Å². The Balaban J connectivity index is 1.74. The number of rotatable bonds is 4. The normalized spacial score (nSPS) is 27.0. The highest BCUT2D eigenvalue weighted by molar-refractivity contribution is 7.89. The van der Waals surface area contributed by atoms with Crippen molar-refractivity contribution < 1.29 is 13.3 Å². The summed E-state index contributed by atoms with van der Waals surface area (Å²) in [6, 6.07) is 6.89. The first kappa shape index (κ1) is 17.2. The maximum Gasteiger partial charge on any atom is 0.241 e. The van der Waals surface area contributed by atoms with Crippen LogP contribution in [0.15, 0.2) is 29.2 Å². The lowest BCUT2D eigenvalue weighted by molar-refractivity contribution is -0.932. The number of hydrogen-bond acceptors (Lipinski definition) is 2. The Hall–Kier alpha value is -0.620. The van der Waals surface area contributed by atoms with Crippen LogP contribution in [0.5, 0.6) is 0 Å². The summed E-state index contributed by atoms with van der Waals surface area (Å²) in [7, 11) is -3.47. The molecule has 2 N–H and O–H groups in total. The fourth-order valence-corrected chi connectivity index (χ4v) is 5.46. The van der Waals surface area contributed by atoms with E-state index in [4.69, 9.17) is 11.6 Å². The predicted molar refractivity (Wildman–Crippen MR) is 92.4 cm³/mol. The van der Waals surface area contributed by atoms with Crippen LogP contribution in [0.4, 0.5) is 0 Å². The van der Waals surface area contributed by atoms with E-state index >= 15 is 0 Å². The molecule has 23 heavy (non-hydrogen) atoms. The Kier molecular flexibility index (Phi) is 5.62. The summed E-state index contributed by atoms with van der Waals surface area (Å²) in [6.07, 6.45) is 8.25. The molecule has 1 aliphatic carbocycles. The van der Waals surface area contributed by atoms with Crippen molar-refractivity contribution in [1.82, 2.24) is 4.72 Å². The van der Waals surface area contributed by atoms with Gasteiger partial charge < -0.3 is 4.90 Å². The Morgan fingerprint density at radius 2 is 1.61 bits per heavy atom. The highest BCUT2D eigenvalue weighted by atomic mass is 35.5. The molecule has 1 saturated carbocycles. The molecule has 4 nitrogen and oxygen atoms in total. The van der Waals surface area contributed by atoms with Crippen LogP contribution in [-0.2, 0) is 10.0 Å². The van der Waals surface area contributed by atoms with E-state index in [9.17, 15) is 8.42 Å². The van der Waals surface area contributed by atoms with Crippen molar-refractivity contribution in [3.63, 3.8) is 0 Å². The number of hydrogen-bond donors (Lipinski definition) is 2. The van der Waals surface area contributed by atoms with Gasteiger partial charge in [-0.3, -0.25) is 0 Å². The van der Waals surface area contributed by atoms with Gasteiger partial charge in [0.1, 0.15) is 6.04 Å². The molecule has 0 amide bonds. The summed E-state index contributed by atoms with van der Waals surface area (Å²) in [5, 5.41) is 0.553. The van der Waals surface area contributed by atoms with E-state index in [2.05, 4.69) is 4.72 Å². The van der Waals surface area contributed by atoms with Crippen molar-refractivity contribution >= 4 is 21.6 Å². The van der Waals surface area contributed by atoms with E-state index in [0.717, 1.165) is 19.3 Å². The van der Waals surface area contributed by atoms with E-state index in [1.165, 1.54) is 38.8 Å². The van der Waals surface area contributed by atoms with Gasteiger partial charge in [0, 0.05) is 11.4 Å². The fraction of sp³-hybridized carbons (Fsp3) is 0.647. The van der Waals surface area contributed by atoms with Gasteiger partial charge in [-0.2, -0.15) is 0 Å². The lowest BCUT2D eigenvalue weighted by atomic mass is 9.89. The third-order valence-electron chi connectivity index (χ3n) is 5.22.